The Kier molecular flexibility index (Phi) is 8.18. The molecule has 158 valence electrons. The van der Waals surface area contributed by atoms with Gasteiger partial charge < -0.3 is 9.64 Å². The molecule has 0 bridgehead atoms. The first-order chi connectivity index (χ1) is 13.8. The van der Waals surface area contributed by atoms with Crippen molar-refractivity contribution in [2.45, 2.75) is 65.3 Å². The molecule has 1 aromatic rings. The standard InChI is InChI=1S/C24H33NO4/c1-5-6-16-24(2,3)21(26)13-11-20-12-14-22(27)25(20)17-15-18-7-9-19(10-8-18)23(28)29-4/h7-11,13,20H,5-6,12,14-17H2,1-4H3. The van der Waals surface area contributed by atoms with Crippen LogP contribution in [0.2, 0.25) is 0 Å². The monoisotopic (exact) mass is 399 g/mol. The van der Waals surface area contributed by atoms with Crippen molar-refractivity contribution in [3.05, 3.63) is 47.5 Å². The smallest absolute Gasteiger partial charge is 0.337 e. The predicted octanol–water partition coefficient (Wildman–Crippen LogP) is 4.35. The van der Waals surface area contributed by atoms with Crippen molar-refractivity contribution in [3.63, 3.8) is 0 Å². The maximum absolute atomic E-state index is 12.6. The molecule has 2 rings (SSSR count). The molecule has 1 fully saturated rings. The highest BCUT2D eigenvalue weighted by molar-refractivity contribution is 5.94. The molecule has 1 saturated heterocycles. The number of esters is 1. The average molecular weight is 400 g/mol. The molecule has 0 saturated carbocycles. The molecule has 29 heavy (non-hydrogen) atoms. The van der Waals surface area contributed by atoms with Crippen LogP contribution in [0.5, 0.6) is 0 Å². The van der Waals surface area contributed by atoms with E-state index < -0.39 is 0 Å². The Morgan fingerprint density at radius 2 is 1.93 bits per heavy atom. The van der Waals surface area contributed by atoms with E-state index in [-0.39, 0.29) is 29.1 Å². The van der Waals surface area contributed by atoms with Gasteiger partial charge in [0, 0.05) is 18.4 Å². The van der Waals surface area contributed by atoms with Gasteiger partial charge in [0.05, 0.1) is 18.7 Å². The number of allylic oxidation sites excluding steroid dienone is 1. The minimum absolute atomic E-state index is 0.0252. The van der Waals surface area contributed by atoms with Gasteiger partial charge in [0.15, 0.2) is 5.78 Å². The molecular formula is C24H33NO4. The molecule has 1 aliphatic heterocycles. The fourth-order valence-electron chi connectivity index (χ4n) is 3.59. The second kappa shape index (κ2) is 10.4. The van der Waals surface area contributed by atoms with Gasteiger partial charge in [0.2, 0.25) is 5.91 Å². The number of likely N-dealkylation sites (tertiary alicyclic amines) is 1. The Bertz CT molecular complexity index is 749. The van der Waals surface area contributed by atoms with E-state index in [0.29, 0.717) is 24.9 Å². The minimum Gasteiger partial charge on any atom is -0.465 e. The predicted molar refractivity (Wildman–Crippen MR) is 114 cm³/mol. The number of rotatable bonds is 10. The lowest BCUT2D eigenvalue weighted by molar-refractivity contribution is -0.128. The second-order valence-electron chi connectivity index (χ2n) is 8.34. The molecule has 0 spiro atoms. The fourth-order valence-corrected chi connectivity index (χ4v) is 3.59. The molecule has 0 aromatic heterocycles. The van der Waals surface area contributed by atoms with Crippen LogP contribution in [-0.2, 0) is 20.7 Å². The van der Waals surface area contributed by atoms with E-state index in [9.17, 15) is 14.4 Å². The van der Waals surface area contributed by atoms with Gasteiger partial charge in [-0.15, -0.1) is 0 Å². The van der Waals surface area contributed by atoms with Gasteiger partial charge in [-0.2, -0.15) is 0 Å². The van der Waals surface area contributed by atoms with Crippen LogP contribution in [0.4, 0.5) is 0 Å². The maximum Gasteiger partial charge on any atom is 0.337 e. The fraction of sp³-hybridized carbons (Fsp3) is 0.542. The van der Waals surface area contributed by atoms with Crippen LogP contribution >= 0.6 is 0 Å². The van der Waals surface area contributed by atoms with Crippen LogP contribution in [0.15, 0.2) is 36.4 Å². The number of hydrogen-bond donors (Lipinski definition) is 0. The summed E-state index contributed by atoms with van der Waals surface area (Å²) in [5.74, 6) is -0.102. The first-order valence-electron chi connectivity index (χ1n) is 10.5. The molecule has 0 radical (unpaired) electrons. The van der Waals surface area contributed by atoms with Crippen LogP contribution in [0.25, 0.3) is 0 Å². The Balaban J connectivity index is 1.96. The molecule has 0 aliphatic carbocycles. The van der Waals surface area contributed by atoms with Crippen molar-refractivity contribution in [3.8, 4) is 0 Å². The number of carbonyl (C=O) groups excluding carboxylic acids is 3. The first kappa shape index (κ1) is 22.9. The van der Waals surface area contributed by atoms with Crippen molar-refractivity contribution in [2.24, 2.45) is 5.41 Å². The van der Waals surface area contributed by atoms with Crippen molar-refractivity contribution >= 4 is 17.7 Å². The summed E-state index contributed by atoms with van der Waals surface area (Å²) in [5, 5.41) is 0. The molecule has 1 heterocycles. The van der Waals surface area contributed by atoms with E-state index in [1.807, 2.05) is 37.0 Å². The zero-order valence-electron chi connectivity index (χ0n) is 18.1. The summed E-state index contributed by atoms with van der Waals surface area (Å²) in [4.78, 5) is 38.3. The number of ether oxygens (including phenoxy) is 1. The van der Waals surface area contributed by atoms with Crippen LogP contribution < -0.4 is 0 Å². The number of unbranched alkanes of at least 4 members (excludes halogenated alkanes) is 1. The Morgan fingerprint density at radius 1 is 1.24 bits per heavy atom. The normalized spacial score (nSPS) is 17.2. The van der Waals surface area contributed by atoms with Crippen molar-refractivity contribution in [1.82, 2.24) is 4.90 Å². The van der Waals surface area contributed by atoms with E-state index in [1.54, 1.807) is 18.2 Å². The Morgan fingerprint density at radius 3 is 2.55 bits per heavy atom. The lowest BCUT2D eigenvalue weighted by atomic mass is 9.82. The second-order valence-corrected chi connectivity index (χ2v) is 8.34. The molecule has 1 atom stereocenters. The highest BCUT2D eigenvalue weighted by Crippen LogP contribution is 2.26. The third-order valence-corrected chi connectivity index (χ3v) is 5.68. The number of benzene rings is 1. The number of nitrogens with zero attached hydrogens (tertiary/aromatic N) is 1. The zero-order valence-corrected chi connectivity index (χ0v) is 18.1. The molecule has 1 aliphatic rings. The summed E-state index contributed by atoms with van der Waals surface area (Å²) in [5.41, 5.74) is 1.21. The number of carbonyl (C=O) groups is 3. The number of amides is 1. The average Bonchev–Trinajstić information content (AvgIpc) is 3.08. The van der Waals surface area contributed by atoms with E-state index in [0.717, 1.165) is 31.2 Å². The van der Waals surface area contributed by atoms with Crippen LogP contribution in [-0.4, -0.2) is 42.3 Å². The van der Waals surface area contributed by atoms with Gasteiger partial charge >= 0.3 is 5.97 Å². The first-order valence-corrected chi connectivity index (χ1v) is 10.5. The van der Waals surface area contributed by atoms with Gasteiger partial charge in [0.25, 0.3) is 0 Å². The van der Waals surface area contributed by atoms with E-state index in [4.69, 9.17) is 4.74 Å². The lowest BCUT2D eigenvalue weighted by Crippen LogP contribution is -2.34. The molecule has 1 aromatic carbocycles. The van der Waals surface area contributed by atoms with Gasteiger partial charge in [-0.3, -0.25) is 9.59 Å². The quantitative estimate of drug-likeness (QED) is 0.433. The zero-order chi connectivity index (χ0) is 21.4. The molecule has 5 heteroatoms. The van der Waals surface area contributed by atoms with Gasteiger partial charge in [-0.25, -0.2) is 4.79 Å². The largest absolute Gasteiger partial charge is 0.465 e. The summed E-state index contributed by atoms with van der Waals surface area (Å²) in [6.07, 6.45) is 8.54. The Hall–Kier alpha value is -2.43. The SMILES string of the molecule is CCCCC(C)(C)C(=O)C=CC1CCC(=O)N1CCc1ccc(C(=O)OC)cc1. The molecular weight excluding hydrogens is 366 g/mol. The van der Waals surface area contributed by atoms with Gasteiger partial charge in [-0.1, -0.05) is 51.8 Å². The number of ketones is 1. The van der Waals surface area contributed by atoms with Crippen LogP contribution in [0.3, 0.4) is 0 Å². The topological polar surface area (TPSA) is 63.7 Å². The highest BCUT2D eigenvalue weighted by Gasteiger charge is 2.30. The minimum atomic E-state index is -0.360. The summed E-state index contributed by atoms with van der Waals surface area (Å²) in [6.45, 7) is 6.70. The van der Waals surface area contributed by atoms with Crippen molar-refractivity contribution in [1.29, 1.82) is 0 Å². The van der Waals surface area contributed by atoms with E-state index in [2.05, 4.69) is 6.92 Å². The van der Waals surface area contributed by atoms with E-state index >= 15 is 0 Å². The molecule has 1 unspecified atom stereocenters. The molecule has 0 N–H and O–H groups in total. The highest BCUT2D eigenvalue weighted by atomic mass is 16.5. The number of hydrogen-bond acceptors (Lipinski definition) is 4. The third-order valence-electron chi connectivity index (χ3n) is 5.68. The molecule has 5 nitrogen and oxygen atoms in total. The summed E-state index contributed by atoms with van der Waals surface area (Å²) < 4.78 is 4.71. The summed E-state index contributed by atoms with van der Waals surface area (Å²) in [6, 6.07) is 7.22. The van der Waals surface area contributed by atoms with Crippen molar-refractivity contribution in [2.75, 3.05) is 13.7 Å². The van der Waals surface area contributed by atoms with Crippen molar-refractivity contribution < 1.29 is 19.1 Å². The van der Waals surface area contributed by atoms with E-state index in [1.165, 1.54) is 7.11 Å². The summed E-state index contributed by atoms with van der Waals surface area (Å²) >= 11 is 0. The third kappa shape index (κ3) is 6.28. The van der Waals surface area contributed by atoms with Crippen LogP contribution in [0, 0.1) is 5.41 Å². The van der Waals surface area contributed by atoms with Crippen LogP contribution in [0.1, 0.15) is 68.8 Å². The maximum atomic E-state index is 12.6. The molecule has 1 amide bonds. The summed E-state index contributed by atoms with van der Waals surface area (Å²) in [7, 11) is 1.36. The van der Waals surface area contributed by atoms with Gasteiger partial charge in [0.1, 0.15) is 0 Å². The Labute approximate surface area is 174 Å². The lowest BCUT2D eigenvalue weighted by Gasteiger charge is -2.24. The van der Waals surface area contributed by atoms with Gasteiger partial charge in [-0.05, 0) is 43.0 Å². The number of methoxy groups -OCH3 is 1.